The van der Waals surface area contributed by atoms with Crippen molar-refractivity contribution >= 4 is 29.1 Å². The predicted molar refractivity (Wildman–Crippen MR) is 97.7 cm³/mol. The molecule has 2 rings (SSSR count). The van der Waals surface area contributed by atoms with Gasteiger partial charge < -0.3 is 10.2 Å². The topological polar surface area (TPSA) is 49.4 Å². The molecule has 2 amide bonds. The van der Waals surface area contributed by atoms with Gasteiger partial charge >= 0.3 is 0 Å². The number of nitrogens with one attached hydrogen (secondary N) is 1. The van der Waals surface area contributed by atoms with E-state index in [9.17, 15) is 9.59 Å². The van der Waals surface area contributed by atoms with Crippen molar-refractivity contribution < 1.29 is 9.59 Å². The number of amides is 2. The third kappa shape index (κ3) is 4.59. The van der Waals surface area contributed by atoms with Gasteiger partial charge in [-0.3, -0.25) is 9.59 Å². The Morgan fingerprint density at radius 2 is 1.83 bits per heavy atom. The minimum atomic E-state index is -0.146. The van der Waals surface area contributed by atoms with Crippen LogP contribution in [0.3, 0.4) is 0 Å². The van der Waals surface area contributed by atoms with Crippen molar-refractivity contribution in [3.05, 3.63) is 64.2 Å². The van der Waals surface area contributed by atoms with Crippen LogP contribution in [0, 0.1) is 13.8 Å². The number of carbonyl (C=O) groups is 2. The van der Waals surface area contributed by atoms with Crippen LogP contribution in [0.4, 0.5) is 5.69 Å². The standard InChI is InChI=1S/C19H21ClN2O2/c1-13-7-8-16(11-14(13)2)19(24)21-9-10-22(15(3)23)18-6-4-5-17(20)12-18/h4-8,11-12H,9-10H2,1-3H3,(H,21,24). The van der Waals surface area contributed by atoms with E-state index in [1.807, 2.05) is 32.0 Å². The first-order valence-electron chi connectivity index (χ1n) is 7.77. The maximum atomic E-state index is 12.2. The molecule has 0 bridgehead atoms. The molecule has 0 spiro atoms. The zero-order chi connectivity index (χ0) is 17.7. The minimum Gasteiger partial charge on any atom is -0.350 e. The Morgan fingerprint density at radius 1 is 1.08 bits per heavy atom. The summed E-state index contributed by atoms with van der Waals surface area (Å²) in [4.78, 5) is 25.7. The van der Waals surface area contributed by atoms with Crippen LogP contribution in [-0.2, 0) is 4.79 Å². The molecule has 0 unspecified atom stereocenters. The first kappa shape index (κ1) is 18.0. The second-order valence-electron chi connectivity index (χ2n) is 5.71. The van der Waals surface area contributed by atoms with Crippen LogP contribution in [-0.4, -0.2) is 24.9 Å². The Balaban J connectivity index is 1.99. The van der Waals surface area contributed by atoms with Crippen molar-refractivity contribution in [2.45, 2.75) is 20.8 Å². The summed E-state index contributed by atoms with van der Waals surface area (Å²) >= 11 is 5.98. The van der Waals surface area contributed by atoms with Crippen molar-refractivity contribution in [3.63, 3.8) is 0 Å². The maximum absolute atomic E-state index is 12.2. The summed E-state index contributed by atoms with van der Waals surface area (Å²) in [6.45, 7) is 6.21. The van der Waals surface area contributed by atoms with E-state index in [1.165, 1.54) is 6.92 Å². The first-order valence-corrected chi connectivity index (χ1v) is 8.15. The van der Waals surface area contributed by atoms with Crippen LogP contribution in [0.5, 0.6) is 0 Å². The number of carbonyl (C=O) groups excluding carboxylic acids is 2. The Labute approximate surface area is 147 Å². The van der Waals surface area contributed by atoms with Gasteiger partial charge in [-0.25, -0.2) is 0 Å². The zero-order valence-corrected chi connectivity index (χ0v) is 14.9. The van der Waals surface area contributed by atoms with Crippen LogP contribution in [0.25, 0.3) is 0 Å². The molecule has 0 aliphatic heterocycles. The quantitative estimate of drug-likeness (QED) is 0.898. The number of halogens is 1. The van der Waals surface area contributed by atoms with Gasteiger partial charge in [0.25, 0.3) is 5.91 Å². The lowest BCUT2D eigenvalue weighted by molar-refractivity contribution is -0.116. The molecule has 0 heterocycles. The Morgan fingerprint density at radius 3 is 2.46 bits per heavy atom. The molecule has 1 N–H and O–H groups in total. The molecule has 0 saturated carbocycles. The largest absolute Gasteiger partial charge is 0.350 e. The predicted octanol–water partition coefficient (Wildman–Crippen LogP) is 3.74. The van der Waals surface area contributed by atoms with Crippen LogP contribution < -0.4 is 10.2 Å². The third-order valence-electron chi connectivity index (χ3n) is 3.89. The fourth-order valence-corrected chi connectivity index (χ4v) is 2.56. The van der Waals surface area contributed by atoms with Crippen molar-refractivity contribution in [1.29, 1.82) is 0 Å². The second kappa shape index (κ2) is 7.97. The van der Waals surface area contributed by atoms with Gasteiger partial charge in [0.2, 0.25) is 5.91 Å². The fourth-order valence-electron chi connectivity index (χ4n) is 2.38. The highest BCUT2D eigenvalue weighted by atomic mass is 35.5. The summed E-state index contributed by atoms with van der Waals surface area (Å²) in [6.07, 6.45) is 0. The summed E-state index contributed by atoms with van der Waals surface area (Å²) in [7, 11) is 0. The van der Waals surface area contributed by atoms with Gasteiger partial charge in [0.05, 0.1) is 0 Å². The van der Waals surface area contributed by atoms with Gasteiger partial charge in [-0.2, -0.15) is 0 Å². The number of benzene rings is 2. The number of hydrogen-bond acceptors (Lipinski definition) is 2. The van der Waals surface area contributed by atoms with Gasteiger partial charge in [-0.1, -0.05) is 23.7 Å². The first-order chi connectivity index (χ1) is 11.4. The van der Waals surface area contributed by atoms with E-state index in [1.54, 1.807) is 29.2 Å². The van der Waals surface area contributed by atoms with Crippen LogP contribution in [0.1, 0.15) is 28.4 Å². The molecule has 4 nitrogen and oxygen atoms in total. The molecule has 0 atom stereocenters. The van der Waals surface area contributed by atoms with Crippen LogP contribution >= 0.6 is 11.6 Å². The number of nitrogens with zero attached hydrogens (tertiary/aromatic N) is 1. The van der Waals surface area contributed by atoms with E-state index < -0.39 is 0 Å². The van der Waals surface area contributed by atoms with Crippen LogP contribution in [0.15, 0.2) is 42.5 Å². The summed E-state index contributed by atoms with van der Waals surface area (Å²) in [6, 6.07) is 12.7. The molecule has 0 fully saturated rings. The van der Waals surface area contributed by atoms with Gasteiger partial charge in [-0.05, 0) is 55.3 Å². The monoisotopic (exact) mass is 344 g/mol. The second-order valence-corrected chi connectivity index (χ2v) is 6.14. The normalized spacial score (nSPS) is 10.3. The Kier molecular flexibility index (Phi) is 5.99. The van der Waals surface area contributed by atoms with Gasteiger partial charge in [0, 0.05) is 36.3 Å². The highest BCUT2D eigenvalue weighted by Gasteiger charge is 2.13. The average Bonchev–Trinajstić information content (AvgIpc) is 2.53. The van der Waals surface area contributed by atoms with E-state index in [2.05, 4.69) is 5.32 Å². The van der Waals surface area contributed by atoms with Crippen molar-refractivity contribution in [1.82, 2.24) is 5.32 Å². The Hall–Kier alpha value is -2.33. The highest BCUT2D eigenvalue weighted by molar-refractivity contribution is 6.30. The lowest BCUT2D eigenvalue weighted by Crippen LogP contribution is -2.37. The number of rotatable bonds is 5. The molecule has 0 aliphatic carbocycles. The lowest BCUT2D eigenvalue weighted by Gasteiger charge is -2.21. The molecular formula is C19H21ClN2O2. The lowest BCUT2D eigenvalue weighted by atomic mass is 10.1. The van der Waals surface area contributed by atoms with E-state index in [0.29, 0.717) is 23.7 Å². The molecule has 0 aliphatic rings. The summed E-state index contributed by atoms with van der Waals surface area (Å²) in [5, 5.41) is 3.42. The third-order valence-corrected chi connectivity index (χ3v) is 4.13. The van der Waals surface area contributed by atoms with Crippen molar-refractivity contribution in [3.8, 4) is 0 Å². The number of aryl methyl sites for hydroxylation is 2. The molecule has 0 saturated heterocycles. The number of hydrogen-bond donors (Lipinski definition) is 1. The fraction of sp³-hybridized carbons (Fsp3) is 0.263. The zero-order valence-electron chi connectivity index (χ0n) is 14.1. The summed E-state index contributed by atoms with van der Waals surface area (Å²) in [5.41, 5.74) is 3.56. The molecule has 5 heteroatoms. The molecular weight excluding hydrogens is 324 g/mol. The maximum Gasteiger partial charge on any atom is 0.251 e. The van der Waals surface area contributed by atoms with Crippen molar-refractivity contribution in [2.75, 3.05) is 18.0 Å². The average molecular weight is 345 g/mol. The van der Waals surface area contributed by atoms with Gasteiger partial charge in [0.15, 0.2) is 0 Å². The van der Waals surface area contributed by atoms with Crippen LogP contribution in [0.2, 0.25) is 5.02 Å². The van der Waals surface area contributed by atoms with Crippen molar-refractivity contribution in [2.24, 2.45) is 0 Å². The highest BCUT2D eigenvalue weighted by Crippen LogP contribution is 2.19. The molecule has 2 aromatic carbocycles. The summed E-state index contributed by atoms with van der Waals surface area (Å²) in [5.74, 6) is -0.245. The van der Waals surface area contributed by atoms with E-state index in [-0.39, 0.29) is 11.8 Å². The minimum absolute atomic E-state index is 0.0994. The van der Waals surface area contributed by atoms with E-state index in [0.717, 1.165) is 16.8 Å². The molecule has 24 heavy (non-hydrogen) atoms. The van der Waals surface area contributed by atoms with Gasteiger partial charge in [0.1, 0.15) is 0 Å². The van der Waals surface area contributed by atoms with Gasteiger partial charge in [-0.15, -0.1) is 0 Å². The smallest absolute Gasteiger partial charge is 0.251 e. The number of anilines is 1. The molecule has 2 aromatic rings. The van der Waals surface area contributed by atoms with E-state index >= 15 is 0 Å². The SMILES string of the molecule is CC(=O)N(CCNC(=O)c1ccc(C)c(C)c1)c1cccc(Cl)c1. The molecule has 0 aromatic heterocycles. The van der Waals surface area contributed by atoms with E-state index in [4.69, 9.17) is 11.6 Å². The molecule has 126 valence electrons. The summed E-state index contributed by atoms with van der Waals surface area (Å²) < 4.78 is 0. The Bertz CT molecular complexity index is 759. The molecule has 0 radical (unpaired) electrons.